The molecular formula is C27H28FN3O2. The van der Waals surface area contributed by atoms with Gasteiger partial charge >= 0.3 is 0 Å². The van der Waals surface area contributed by atoms with E-state index in [2.05, 4.69) is 23.1 Å². The molecule has 5 nitrogen and oxygen atoms in total. The quantitative estimate of drug-likeness (QED) is 0.506. The number of ether oxygens (including phenoxy) is 1. The Labute approximate surface area is 194 Å². The molecule has 0 amide bonds. The highest BCUT2D eigenvalue weighted by Crippen LogP contribution is 2.26. The summed E-state index contributed by atoms with van der Waals surface area (Å²) in [6.45, 7) is 5.71. The Hall–Kier alpha value is -3.60. The molecule has 170 valence electrons. The molecule has 1 saturated heterocycles. The molecule has 0 bridgehead atoms. The van der Waals surface area contributed by atoms with E-state index >= 15 is 0 Å². The van der Waals surface area contributed by atoms with E-state index in [1.807, 2.05) is 66.4 Å². The Morgan fingerprint density at radius 1 is 0.970 bits per heavy atom. The third kappa shape index (κ3) is 5.61. The van der Waals surface area contributed by atoms with Crippen LogP contribution in [-0.2, 0) is 11.3 Å². The largest absolute Gasteiger partial charge is 0.478 e. The zero-order valence-corrected chi connectivity index (χ0v) is 18.9. The second kappa shape index (κ2) is 10.3. The minimum Gasteiger partial charge on any atom is -0.478 e. The molecule has 33 heavy (non-hydrogen) atoms. The molecule has 1 N–H and O–H groups in total. The van der Waals surface area contributed by atoms with Gasteiger partial charge in [0.25, 0.3) is 0 Å². The number of benzene rings is 3. The number of piperazine rings is 1. The highest BCUT2D eigenvalue weighted by molar-refractivity contribution is 5.60. The lowest BCUT2D eigenvalue weighted by Crippen LogP contribution is -2.55. The molecule has 6 heteroatoms. The summed E-state index contributed by atoms with van der Waals surface area (Å²) in [6, 6.07) is 24.1. The number of nitrogens with one attached hydrogen (secondary N) is 1. The van der Waals surface area contributed by atoms with Gasteiger partial charge in [0.05, 0.1) is 6.04 Å². The smallest absolute Gasteiger partial charge is 0.147 e. The molecule has 1 aliphatic heterocycles. The Bertz CT molecular complexity index is 1100. The van der Waals surface area contributed by atoms with E-state index in [-0.39, 0.29) is 17.9 Å². The van der Waals surface area contributed by atoms with Crippen LogP contribution < -0.4 is 10.1 Å². The Balaban J connectivity index is 1.36. The number of carbonyl (C=O) groups excluding carboxylic acids is 1. The van der Waals surface area contributed by atoms with E-state index in [1.165, 1.54) is 12.1 Å². The van der Waals surface area contributed by atoms with Crippen LogP contribution in [0.3, 0.4) is 0 Å². The predicted molar refractivity (Wildman–Crippen MR) is 128 cm³/mol. The van der Waals surface area contributed by atoms with Crippen LogP contribution in [0.15, 0.2) is 84.6 Å². The summed E-state index contributed by atoms with van der Waals surface area (Å²) < 4.78 is 19.3. The number of anilines is 2. The van der Waals surface area contributed by atoms with Crippen LogP contribution >= 0.6 is 0 Å². The maximum Gasteiger partial charge on any atom is 0.147 e. The van der Waals surface area contributed by atoms with Crippen LogP contribution in [0.2, 0.25) is 0 Å². The van der Waals surface area contributed by atoms with Crippen molar-refractivity contribution in [3.8, 4) is 5.75 Å². The first kappa shape index (κ1) is 22.6. The number of nitrogens with zero attached hydrogens (tertiary/aromatic N) is 2. The molecule has 2 atom stereocenters. The maximum atomic E-state index is 13.2. The number of para-hydroxylation sites is 1. The average molecular weight is 446 g/mol. The van der Waals surface area contributed by atoms with Crippen molar-refractivity contribution in [3.05, 3.63) is 95.9 Å². The highest BCUT2D eigenvalue weighted by Gasteiger charge is 2.34. The molecule has 0 aromatic heterocycles. The first-order chi connectivity index (χ1) is 16.0. The van der Waals surface area contributed by atoms with E-state index in [0.29, 0.717) is 19.0 Å². The molecular weight excluding hydrogens is 417 g/mol. The van der Waals surface area contributed by atoms with Crippen molar-refractivity contribution in [1.29, 1.82) is 0 Å². The third-order valence-electron chi connectivity index (χ3n) is 5.97. The standard InChI is InChI=1S/C27H28FN3O2/c1-20-16-30(21(2)27(18-32)31(20)17-22-8-10-23(28)11-9-22)19-33-26-14-12-25(13-15-26)29-24-6-4-3-5-7-24/h3-15,20-21,29H,16-17,19H2,1-2H3/t20-,21+/m0/s1. The summed E-state index contributed by atoms with van der Waals surface area (Å²) in [5.74, 6) is 2.63. The first-order valence-corrected chi connectivity index (χ1v) is 11.1. The second-order valence-electron chi connectivity index (χ2n) is 8.33. The normalized spacial score (nSPS) is 18.6. The average Bonchev–Trinajstić information content (AvgIpc) is 2.83. The molecule has 3 aromatic rings. The molecule has 0 aliphatic carbocycles. The van der Waals surface area contributed by atoms with Crippen LogP contribution in [0.5, 0.6) is 5.75 Å². The molecule has 0 unspecified atom stereocenters. The molecule has 1 aliphatic rings. The van der Waals surface area contributed by atoms with Crippen LogP contribution in [0, 0.1) is 5.82 Å². The van der Waals surface area contributed by atoms with Crippen molar-refractivity contribution >= 4 is 17.3 Å². The zero-order valence-electron chi connectivity index (χ0n) is 18.9. The van der Waals surface area contributed by atoms with Crippen molar-refractivity contribution < 1.29 is 13.9 Å². The summed E-state index contributed by atoms with van der Waals surface area (Å²) in [6.07, 6.45) is 0. The van der Waals surface area contributed by atoms with Crippen LogP contribution in [0.25, 0.3) is 0 Å². The van der Waals surface area contributed by atoms with Crippen molar-refractivity contribution in [2.45, 2.75) is 32.5 Å². The fraction of sp³-hybridized carbons (Fsp3) is 0.259. The first-order valence-electron chi connectivity index (χ1n) is 11.1. The van der Waals surface area contributed by atoms with Gasteiger partial charge in [-0.1, -0.05) is 30.3 Å². The van der Waals surface area contributed by atoms with Gasteiger partial charge in [-0.15, -0.1) is 0 Å². The van der Waals surface area contributed by atoms with Crippen molar-refractivity contribution in [2.24, 2.45) is 0 Å². The monoisotopic (exact) mass is 445 g/mol. The van der Waals surface area contributed by atoms with Gasteiger partial charge in [-0.25, -0.2) is 9.18 Å². The van der Waals surface area contributed by atoms with Crippen molar-refractivity contribution in [3.63, 3.8) is 0 Å². The molecule has 3 aromatic carbocycles. The summed E-state index contributed by atoms with van der Waals surface area (Å²) >= 11 is 0. The zero-order chi connectivity index (χ0) is 23.2. The van der Waals surface area contributed by atoms with E-state index in [1.54, 1.807) is 12.1 Å². The Morgan fingerprint density at radius 3 is 2.30 bits per heavy atom. The van der Waals surface area contributed by atoms with Gasteiger partial charge < -0.3 is 15.0 Å². The number of hydrogen-bond acceptors (Lipinski definition) is 5. The third-order valence-corrected chi connectivity index (χ3v) is 5.97. The molecule has 1 heterocycles. The van der Waals surface area contributed by atoms with E-state index in [0.717, 1.165) is 29.2 Å². The maximum absolute atomic E-state index is 13.2. The molecule has 4 rings (SSSR count). The second-order valence-corrected chi connectivity index (χ2v) is 8.33. The van der Waals surface area contributed by atoms with Gasteiger partial charge in [-0.3, -0.25) is 4.90 Å². The fourth-order valence-electron chi connectivity index (χ4n) is 4.06. The van der Waals surface area contributed by atoms with E-state index in [9.17, 15) is 9.18 Å². The van der Waals surface area contributed by atoms with Gasteiger partial charge in [0.15, 0.2) is 0 Å². The van der Waals surface area contributed by atoms with E-state index < -0.39 is 0 Å². The minimum absolute atomic E-state index is 0.0868. The Morgan fingerprint density at radius 2 is 1.64 bits per heavy atom. The lowest BCUT2D eigenvalue weighted by atomic mass is 10.0. The van der Waals surface area contributed by atoms with Crippen LogP contribution in [0.4, 0.5) is 15.8 Å². The van der Waals surface area contributed by atoms with Crippen LogP contribution in [0.1, 0.15) is 19.4 Å². The lowest BCUT2D eigenvalue weighted by Gasteiger charge is -2.45. The topological polar surface area (TPSA) is 44.8 Å². The number of hydrogen-bond donors (Lipinski definition) is 1. The minimum atomic E-state index is -0.267. The molecule has 0 radical (unpaired) electrons. The predicted octanol–water partition coefficient (Wildman–Crippen LogP) is 5.22. The summed E-state index contributed by atoms with van der Waals surface area (Å²) in [4.78, 5) is 16.0. The molecule has 0 spiro atoms. The summed E-state index contributed by atoms with van der Waals surface area (Å²) in [5, 5.41) is 3.35. The fourth-order valence-corrected chi connectivity index (χ4v) is 4.06. The van der Waals surface area contributed by atoms with Gasteiger partial charge in [0.2, 0.25) is 0 Å². The molecule has 1 fully saturated rings. The van der Waals surface area contributed by atoms with Gasteiger partial charge in [0, 0.05) is 30.5 Å². The Kier molecular flexibility index (Phi) is 7.08. The summed E-state index contributed by atoms with van der Waals surface area (Å²) in [7, 11) is 0. The SMILES string of the molecule is C[C@@H]1C(=C=O)N(Cc2ccc(F)cc2)[C@@H](C)CN1COc1ccc(Nc2ccccc2)cc1. The summed E-state index contributed by atoms with van der Waals surface area (Å²) in [5.41, 5.74) is 3.55. The number of halogens is 1. The van der Waals surface area contributed by atoms with Crippen molar-refractivity contribution in [1.82, 2.24) is 9.80 Å². The lowest BCUT2D eigenvalue weighted by molar-refractivity contribution is 0.0286. The molecule has 0 saturated carbocycles. The number of rotatable bonds is 7. The van der Waals surface area contributed by atoms with Gasteiger partial charge in [-0.2, -0.15) is 0 Å². The van der Waals surface area contributed by atoms with E-state index in [4.69, 9.17) is 4.74 Å². The highest BCUT2D eigenvalue weighted by atomic mass is 19.1. The van der Waals surface area contributed by atoms with Gasteiger partial charge in [0.1, 0.15) is 29.9 Å². The van der Waals surface area contributed by atoms with Crippen LogP contribution in [-0.4, -0.2) is 41.1 Å². The van der Waals surface area contributed by atoms with Crippen molar-refractivity contribution in [2.75, 3.05) is 18.6 Å². The van der Waals surface area contributed by atoms with Gasteiger partial charge in [-0.05, 0) is 67.9 Å².